The summed E-state index contributed by atoms with van der Waals surface area (Å²) in [4.78, 5) is 1.89. The molecular formula is C15H23FN2O2S. The van der Waals surface area contributed by atoms with Gasteiger partial charge in [-0.05, 0) is 43.5 Å². The highest BCUT2D eigenvalue weighted by Crippen LogP contribution is 2.26. The molecule has 2 rings (SSSR count). The third-order valence-corrected chi connectivity index (χ3v) is 5.82. The van der Waals surface area contributed by atoms with E-state index in [1.807, 2.05) is 25.9 Å². The summed E-state index contributed by atoms with van der Waals surface area (Å²) >= 11 is 0. The van der Waals surface area contributed by atoms with Crippen LogP contribution in [0, 0.1) is 11.7 Å². The minimum atomic E-state index is -2.83. The van der Waals surface area contributed by atoms with Crippen molar-refractivity contribution >= 4 is 15.5 Å². The molecule has 1 aliphatic rings. The van der Waals surface area contributed by atoms with Gasteiger partial charge in [0.05, 0.1) is 11.5 Å². The van der Waals surface area contributed by atoms with E-state index in [-0.39, 0.29) is 23.5 Å². The largest absolute Gasteiger partial charge is 0.377 e. The third-order valence-electron chi connectivity index (χ3n) is 3.98. The smallest absolute Gasteiger partial charge is 0.150 e. The summed E-state index contributed by atoms with van der Waals surface area (Å²) in [7, 11) is 0.934. The average Bonchev–Trinajstić information content (AvgIpc) is 2.75. The standard InChI is InChI=1S/C15H23FN2O2S/c1-11(17-9-12-6-7-21(19,20)10-12)14-5-4-13(16)8-15(14)18(2)3/h4-5,8,11-12,17H,6-7,9-10H2,1-3H3/t11-,12+/m0/s1. The Bertz CT molecular complexity index is 602. The van der Waals surface area contributed by atoms with Gasteiger partial charge in [0.15, 0.2) is 9.84 Å². The molecule has 0 radical (unpaired) electrons. The average molecular weight is 314 g/mol. The molecule has 1 aliphatic heterocycles. The van der Waals surface area contributed by atoms with E-state index in [1.165, 1.54) is 12.1 Å². The summed E-state index contributed by atoms with van der Waals surface area (Å²) in [5, 5.41) is 3.38. The first-order chi connectivity index (χ1) is 9.78. The molecule has 0 saturated carbocycles. The van der Waals surface area contributed by atoms with Crippen LogP contribution in [0.3, 0.4) is 0 Å². The molecule has 21 heavy (non-hydrogen) atoms. The van der Waals surface area contributed by atoms with Gasteiger partial charge in [0.2, 0.25) is 0 Å². The summed E-state index contributed by atoms with van der Waals surface area (Å²) in [6.45, 7) is 2.69. The van der Waals surface area contributed by atoms with Crippen molar-refractivity contribution in [3.8, 4) is 0 Å². The van der Waals surface area contributed by atoms with Crippen LogP contribution in [-0.4, -0.2) is 40.6 Å². The van der Waals surface area contributed by atoms with E-state index < -0.39 is 9.84 Å². The normalized spacial score (nSPS) is 22.2. The van der Waals surface area contributed by atoms with Gasteiger partial charge < -0.3 is 10.2 Å². The Morgan fingerprint density at radius 1 is 1.43 bits per heavy atom. The van der Waals surface area contributed by atoms with E-state index in [9.17, 15) is 12.8 Å². The number of rotatable bonds is 5. The van der Waals surface area contributed by atoms with Crippen molar-refractivity contribution < 1.29 is 12.8 Å². The Balaban J connectivity index is 2.02. The van der Waals surface area contributed by atoms with Crippen LogP contribution in [0.15, 0.2) is 18.2 Å². The van der Waals surface area contributed by atoms with Gasteiger partial charge in [0.1, 0.15) is 5.82 Å². The van der Waals surface area contributed by atoms with E-state index in [4.69, 9.17) is 0 Å². The molecule has 1 heterocycles. The van der Waals surface area contributed by atoms with E-state index in [1.54, 1.807) is 6.07 Å². The predicted octanol–water partition coefficient (Wildman–Crippen LogP) is 1.98. The number of sulfone groups is 1. The number of hydrogen-bond acceptors (Lipinski definition) is 4. The molecular weight excluding hydrogens is 291 g/mol. The van der Waals surface area contributed by atoms with Crippen molar-refractivity contribution in [1.82, 2.24) is 5.32 Å². The lowest BCUT2D eigenvalue weighted by molar-refractivity contribution is 0.476. The number of nitrogens with zero attached hydrogens (tertiary/aromatic N) is 1. The SMILES string of the molecule is C[C@H](NC[C@H]1CCS(=O)(=O)C1)c1ccc(F)cc1N(C)C. The molecule has 2 atom stereocenters. The number of anilines is 1. The Hall–Kier alpha value is -1.14. The Labute approximate surface area is 126 Å². The first-order valence-corrected chi connectivity index (χ1v) is 9.01. The fraction of sp³-hybridized carbons (Fsp3) is 0.600. The molecule has 0 bridgehead atoms. The molecule has 1 aromatic carbocycles. The maximum Gasteiger partial charge on any atom is 0.150 e. The van der Waals surface area contributed by atoms with Crippen LogP contribution < -0.4 is 10.2 Å². The molecule has 0 amide bonds. The zero-order valence-corrected chi connectivity index (χ0v) is 13.6. The van der Waals surface area contributed by atoms with Crippen LogP contribution >= 0.6 is 0 Å². The first kappa shape index (κ1) is 16.2. The molecule has 0 aromatic heterocycles. The van der Waals surface area contributed by atoms with Crippen molar-refractivity contribution in [2.45, 2.75) is 19.4 Å². The number of hydrogen-bond donors (Lipinski definition) is 1. The van der Waals surface area contributed by atoms with Crippen LogP contribution in [0.5, 0.6) is 0 Å². The van der Waals surface area contributed by atoms with Crippen LogP contribution in [0.1, 0.15) is 24.9 Å². The lowest BCUT2D eigenvalue weighted by Gasteiger charge is -2.23. The summed E-state index contributed by atoms with van der Waals surface area (Å²) in [5.74, 6) is 0.501. The summed E-state index contributed by atoms with van der Waals surface area (Å²) < 4.78 is 36.3. The molecule has 1 N–H and O–H groups in total. The second-order valence-electron chi connectivity index (χ2n) is 6.00. The van der Waals surface area contributed by atoms with Crippen LogP contribution in [0.2, 0.25) is 0 Å². The zero-order chi connectivity index (χ0) is 15.6. The molecule has 6 heteroatoms. The van der Waals surface area contributed by atoms with Crippen LogP contribution in [0.25, 0.3) is 0 Å². The van der Waals surface area contributed by atoms with Crippen molar-refractivity contribution in [3.63, 3.8) is 0 Å². The van der Waals surface area contributed by atoms with Gasteiger partial charge >= 0.3 is 0 Å². The van der Waals surface area contributed by atoms with E-state index in [2.05, 4.69) is 5.32 Å². The molecule has 0 spiro atoms. The molecule has 1 fully saturated rings. The number of benzene rings is 1. The summed E-state index contributed by atoms with van der Waals surface area (Å²) in [5.41, 5.74) is 1.86. The second-order valence-corrected chi connectivity index (χ2v) is 8.23. The van der Waals surface area contributed by atoms with Crippen LogP contribution in [0.4, 0.5) is 10.1 Å². The van der Waals surface area contributed by atoms with Crippen molar-refractivity contribution in [2.24, 2.45) is 5.92 Å². The highest BCUT2D eigenvalue weighted by molar-refractivity contribution is 7.91. The fourth-order valence-corrected chi connectivity index (χ4v) is 4.62. The van der Waals surface area contributed by atoms with Gasteiger partial charge in [-0.15, -0.1) is 0 Å². The summed E-state index contributed by atoms with van der Waals surface area (Å²) in [6.07, 6.45) is 0.728. The quantitative estimate of drug-likeness (QED) is 0.903. The lowest BCUT2D eigenvalue weighted by Crippen LogP contribution is -2.27. The van der Waals surface area contributed by atoms with Gasteiger partial charge in [0, 0.05) is 25.8 Å². The van der Waals surface area contributed by atoms with Gasteiger partial charge in [-0.25, -0.2) is 12.8 Å². The molecule has 118 valence electrons. The monoisotopic (exact) mass is 314 g/mol. The molecule has 0 aliphatic carbocycles. The third kappa shape index (κ3) is 4.17. The van der Waals surface area contributed by atoms with Crippen LogP contribution in [-0.2, 0) is 9.84 Å². The van der Waals surface area contributed by atoms with Gasteiger partial charge in [-0.1, -0.05) is 6.07 Å². The maximum atomic E-state index is 13.4. The van der Waals surface area contributed by atoms with E-state index in [0.29, 0.717) is 12.3 Å². The van der Waals surface area contributed by atoms with Gasteiger partial charge in [-0.3, -0.25) is 0 Å². The maximum absolute atomic E-state index is 13.4. The minimum Gasteiger partial charge on any atom is -0.377 e. The number of halogens is 1. The fourth-order valence-electron chi connectivity index (χ4n) is 2.76. The van der Waals surface area contributed by atoms with Crippen molar-refractivity contribution in [2.75, 3.05) is 37.0 Å². The zero-order valence-electron chi connectivity index (χ0n) is 12.8. The predicted molar refractivity (Wildman–Crippen MR) is 83.9 cm³/mol. The Morgan fingerprint density at radius 2 is 2.14 bits per heavy atom. The topological polar surface area (TPSA) is 49.4 Å². The van der Waals surface area contributed by atoms with Gasteiger partial charge in [0.25, 0.3) is 0 Å². The van der Waals surface area contributed by atoms with Crippen molar-refractivity contribution in [1.29, 1.82) is 0 Å². The van der Waals surface area contributed by atoms with E-state index in [0.717, 1.165) is 17.7 Å². The Morgan fingerprint density at radius 3 is 2.71 bits per heavy atom. The highest BCUT2D eigenvalue weighted by Gasteiger charge is 2.28. The minimum absolute atomic E-state index is 0.0475. The second kappa shape index (κ2) is 6.32. The lowest BCUT2D eigenvalue weighted by atomic mass is 10.0. The molecule has 1 aromatic rings. The number of nitrogens with one attached hydrogen (secondary N) is 1. The highest BCUT2D eigenvalue weighted by atomic mass is 32.2. The summed E-state index contributed by atoms with van der Waals surface area (Å²) in [6, 6.07) is 4.81. The first-order valence-electron chi connectivity index (χ1n) is 7.19. The molecule has 4 nitrogen and oxygen atoms in total. The van der Waals surface area contributed by atoms with Crippen molar-refractivity contribution in [3.05, 3.63) is 29.6 Å². The Kier molecular flexibility index (Phi) is 4.88. The van der Waals surface area contributed by atoms with Gasteiger partial charge in [-0.2, -0.15) is 0 Å². The molecule has 0 unspecified atom stereocenters. The molecule has 1 saturated heterocycles. The van der Waals surface area contributed by atoms with E-state index >= 15 is 0 Å².